The third-order valence-electron chi connectivity index (χ3n) is 5.83. The maximum atomic E-state index is 13.3. The van der Waals surface area contributed by atoms with Crippen molar-refractivity contribution in [3.05, 3.63) is 71.3 Å². The molecular weight excluding hydrogens is 452 g/mol. The van der Waals surface area contributed by atoms with Crippen LogP contribution in [0.25, 0.3) is 0 Å². The van der Waals surface area contributed by atoms with Gasteiger partial charge in [-0.05, 0) is 61.5 Å². The first-order valence-electron chi connectivity index (χ1n) is 10.9. The number of Topliss-reactive ketones (excluding diaryl/α,β-unsaturated/α-hetero) is 2. The van der Waals surface area contributed by atoms with E-state index in [1.54, 1.807) is 6.92 Å². The molecule has 1 aliphatic rings. The lowest BCUT2D eigenvalue weighted by atomic mass is 9.83. The standard InChI is InChI=1S/C25H27F2NO4.ClH/c1-2-23(30)32-25(24(31)19-7-11-21(27)12-8-19)13-16-28(17-14-25)15-3-4-22(29)18-5-9-20(26)10-6-18;/h5-12H,2-4,13-17H2,1H3;1H. The van der Waals surface area contributed by atoms with Gasteiger partial charge in [-0.15, -0.1) is 12.4 Å². The first kappa shape index (κ1) is 26.6. The Labute approximate surface area is 198 Å². The average Bonchev–Trinajstić information content (AvgIpc) is 2.80. The van der Waals surface area contributed by atoms with Crippen molar-refractivity contribution < 1.29 is 27.9 Å². The predicted octanol–water partition coefficient (Wildman–Crippen LogP) is 5.02. The van der Waals surface area contributed by atoms with Crippen molar-refractivity contribution in [2.24, 2.45) is 0 Å². The van der Waals surface area contributed by atoms with Gasteiger partial charge < -0.3 is 9.64 Å². The van der Waals surface area contributed by atoms with Crippen LogP contribution < -0.4 is 0 Å². The van der Waals surface area contributed by atoms with Crippen LogP contribution in [0.2, 0.25) is 0 Å². The number of nitrogens with zero attached hydrogens (tertiary/aromatic N) is 1. The molecule has 0 N–H and O–H groups in total. The second-order valence-electron chi connectivity index (χ2n) is 8.03. The molecule has 0 atom stereocenters. The quantitative estimate of drug-likeness (QED) is 0.373. The summed E-state index contributed by atoms with van der Waals surface area (Å²) >= 11 is 0. The molecule has 0 aliphatic carbocycles. The molecule has 2 aromatic rings. The molecule has 2 aromatic carbocycles. The fourth-order valence-electron chi connectivity index (χ4n) is 3.91. The highest BCUT2D eigenvalue weighted by atomic mass is 35.5. The summed E-state index contributed by atoms with van der Waals surface area (Å²) in [4.78, 5) is 39.6. The van der Waals surface area contributed by atoms with Crippen LogP contribution in [0, 0.1) is 11.6 Å². The molecule has 0 amide bonds. The highest BCUT2D eigenvalue weighted by molar-refractivity contribution is 6.03. The SMILES string of the molecule is CCC(=O)OC1(C(=O)c2ccc(F)cc2)CCN(CCCC(=O)c2ccc(F)cc2)CC1.Cl. The van der Waals surface area contributed by atoms with E-state index < -0.39 is 17.4 Å². The average molecular weight is 480 g/mol. The molecule has 1 heterocycles. The Kier molecular flexibility index (Phi) is 9.68. The number of esters is 1. The van der Waals surface area contributed by atoms with Crippen LogP contribution in [0.1, 0.15) is 59.7 Å². The summed E-state index contributed by atoms with van der Waals surface area (Å²) in [5.74, 6) is -1.62. The summed E-state index contributed by atoms with van der Waals surface area (Å²) < 4.78 is 31.9. The topological polar surface area (TPSA) is 63.7 Å². The van der Waals surface area contributed by atoms with Crippen molar-refractivity contribution in [2.75, 3.05) is 19.6 Å². The first-order chi connectivity index (χ1) is 15.3. The summed E-state index contributed by atoms with van der Waals surface area (Å²) in [6.07, 6.45) is 1.80. The zero-order valence-electron chi connectivity index (χ0n) is 18.5. The van der Waals surface area contributed by atoms with Crippen LogP contribution >= 0.6 is 12.4 Å². The van der Waals surface area contributed by atoms with Crippen LogP contribution in [-0.4, -0.2) is 47.7 Å². The van der Waals surface area contributed by atoms with Gasteiger partial charge in [0.2, 0.25) is 5.78 Å². The third kappa shape index (κ3) is 6.92. The minimum absolute atomic E-state index is 0. The molecule has 0 aromatic heterocycles. The van der Waals surface area contributed by atoms with Crippen LogP contribution in [-0.2, 0) is 9.53 Å². The number of piperidine rings is 1. The zero-order chi connectivity index (χ0) is 23.1. The fourth-order valence-corrected chi connectivity index (χ4v) is 3.91. The molecule has 1 fully saturated rings. The fraction of sp³-hybridized carbons (Fsp3) is 0.400. The van der Waals surface area contributed by atoms with Gasteiger partial charge in [0, 0.05) is 49.9 Å². The molecule has 8 heteroatoms. The van der Waals surface area contributed by atoms with Gasteiger partial charge >= 0.3 is 5.97 Å². The normalized spacial score (nSPS) is 15.4. The van der Waals surface area contributed by atoms with E-state index >= 15 is 0 Å². The van der Waals surface area contributed by atoms with E-state index in [1.807, 2.05) is 0 Å². The Balaban J connectivity index is 0.00000385. The summed E-state index contributed by atoms with van der Waals surface area (Å²) in [5, 5.41) is 0. The van der Waals surface area contributed by atoms with Gasteiger partial charge in [0.15, 0.2) is 11.4 Å². The number of carbonyl (C=O) groups excluding carboxylic acids is 3. The van der Waals surface area contributed by atoms with Crippen molar-refractivity contribution in [3.63, 3.8) is 0 Å². The van der Waals surface area contributed by atoms with Crippen LogP contribution in [0.5, 0.6) is 0 Å². The van der Waals surface area contributed by atoms with E-state index in [1.165, 1.54) is 48.5 Å². The van der Waals surface area contributed by atoms with Gasteiger partial charge in [-0.1, -0.05) is 6.92 Å². The molecule has 0 radical (unpaired) electrons. The second kappa shape index (κ2) is 12.0. The number of hydrogen-bond acceptors (Lipinski definition) is 5. The van der Waals surface area contributed by atoms with Crippen molar-refractivity contribution >= 4 is 29.9 Å². The minimum atomic E-state index is -1.26. The lowest BCUT2D eigenvalue weighted by Gasteiger charge is -2.40. The van der Waals surface area contributed by atoms with Crippen molar-refractivity contribution in [3.8, 4) is 0 Å². The molecule has 0 spiro atoms. The Hall–Kier alpha value is -2.64. The van der Waals surface area contributed by atoms with Gasteiger partial charge in [-0.3, -0.25) is 14.4 Å². The molecular formula is C25H28ClF2NO4. The minimum Gasteiger partial charge on any atom is -0.451 e. The lowest BCUT2D eigenvalue weighted by molar-refractivity contribution is -0.158. The highest BCUT2D eigenvalue weighted by Gasteiger charge is 2.45. The monoisotopic (exact) mass is 479 g/mol. The van der Waals surface area contributed by atoms with Crippen molar-refractivity contribution in [1.82, 2.24) is 4.90 Å². The van der Waals surface area contributed by atoms with Crippen molar-refractivity contribution in [2.45, 2.75) is 44.6 Å². The van der Waals surface area contributed by atoms with E-state index in [4.69, 9.17) is 4.74 Å². The summed E-state index contributed by atoms with van der Waals surface area (Å²) in [5.41, 5.74) is -0.459. The predicted molar refractivity (Wildman–Crippen MR) is 123 cm³/mol. The Morgan fingerprint density at radius 1 is 0.909 bits per heavy atom. The molecule has 0 unspecified atom stereocenters. The molecule has 1 aliphatic heterocycles. The van der Waals surface area contributed by atoms with Gasteiger partial charge in [-0.2, -0.15) is 0 Å². The molecule has 0 saturated carbocycles. The second-order valence-corrected chi connectivity index (χ2v) is 8.03. The molecule has 178 valence electrons. The van der Waals surface area contributed by atoms with E-state index in [0.717, 1.165) is 0 Å². The lowest BCUT2D eigenvalue weighted by Crippen LogP contribution is -2.52. The molecule has 3 rings (SSSR count). The van der Waals surface area contributed by atoms with Crippen LogP contribution in [0.3, 0.4) is 0 Å². The zero-order valence-corrected chi connectivity index (χ0v) is 19.3. The number of halogens is 3. The summed E-state index contributed by atoms with van der Waals surface area (Å²) in [6, 6.07) is 10.8. The smallest absolute Gasteiger partial charge is 0.306 e. The van der Waals surface area contributed by atoms with Crippen LogP contribution in [0.15, 0.2) is 48.5 Å². The van der Waals surface area contributed by atoms with E-state index in [9.17, 15) is 23.2 Å². The number of rotatable bonds is 9. The number of carbonyl (C=O) groups is 3. The number of ether oxygens (including phenoxy) is 1. The van der Waals surface area contributed by atoms with Gasteiger partial charge in [0.1, 0.15) is 11.6 Å². The molecule has 1 saturated heterocycles. The van der Waals surface area contributed by atoms with Gasteiger partial charge in [-0.25, -0.2) is 8.78 Å². The van der Waals surface area contributed by atoms with Crippen molar-refractivity contribution in [1.29, 1.82) is 0 Å². The summed E-state index contributed by atoms with van der Waals surface area (Å²) in [6.45, 7) is 3.41. The third-order valence-corrected chi connectivity index (χ3v) is 5.83. The molecule has 0 bridgehead atoms. The van der Waals surface area contributed by atoms with Gasteiger partial charge in [0.05, 0.1) is 0 Å². The maximum Gasteiger partial charge on any atom is 0.306 e. The Bertz CT molecular complexity index is 955. The maximum absolute atomic E-state index is 13.3. The molecule has 5 nitrogen and oxygen atoms in total. The largest absolute Gasteiger partial charge is 0.451 e. The number of hydrogen-bond donors (Lipinski definition) is 0. The Morgan fingerprint density at radius 3 is 1.94 bits per heavy atom. The number of likely N-dealkylation sites (tertiary alicyclic amines) is 1. The summed E-state index contributed by atoms with van der Waals surface area (Å²) in [7, 11) is 0. The van der Waals surface area contributed by atoms with E-state index in [0.29, 0.717) is 56.4 Å². The number of ketones is 2. The van der Waals surface area contributed by atoms with Crippen LogP contribution in [0.4, 0.5) is 8.78 Å². The first-order valence-corrected chi connectivity index (χ1v) is 10.9. The van der Waals surface area contributed by atoms with E-state index in [2.05, 4.69) is 4.90 Å². The number of benzene rings is 2. The highest BCUT2D eigenvalue weighted by Crippen LogP contribution is 2.31. The molecule has 33 heavy (non-hydrogen) atoms. The van der Waals surface area contributed by atoms with Gasteiger partial charge in [0.25, 0.3) is 0 Å². The van der Waals surface area contributed by atoms with E-state index in [-0.39, 0.29) is 36.2 Å². The Morgan fingerprint density at radius 2 is 1.42 bits per heavy atom.